The normalized spacial score (nSPS) is 17.3. The van der Waals surface area contributed by atoms with Gasteiger partial charge in [0.2, 0.25) is 5.91 Å². The Bertz CT molecular complexity index is 636. The zero-order chi connectivity index (χ0) is 17.7. The van der Waals surface area contributed by atoms with E-state index < -0.39 is 18.0 Å². The topological polar surface area (TPSA) is 81.8 Å². The number of amides is 4. The zero-order valence-electron chi connectivity index (χ0n) is 13.7. The molecule has 24 heavy (non-hydrogen) atoms. The average molecular weight is 353 g/mol. The average Bonchev–Trinajstić information content (AvgIpc) is 2.76. The lowest BCUT2D eigenvalue weighted by Gasteiger charge is -2.14. The van der Waals surface area contributed by atoms with Crippen LogP contribution in [0.25, 0.3) is 0 Å². The molecule has 7 nitrogen and oxygen atoms in total. The highest BCUT2D eigenvalue weighted by atomic mass is 35.5. The number of carbonyl (C=O) groups is 3. The number of halogens is 1. The third-order valence-electron chi connectivity index (χ3n) is 3.66. The first kappa shape index (κ1) is 18.2. The standard InChI is InChI=1S/C16H21ClN4O3/c1-20(2)8-7-18-14(22)9-13-15(23)21(16(24)19-13)10-11-5-3-4-6-12(11)17/h3-6,13H,7-10H2,1-2H3,(H,18,22)(H,19,24). The van der Waals surface area contributed by atoms with Crippen LogP contribution in [0.3, 0.4) is 0 Å². The number of nitrogens with one attached hydrogen (secondary N) is 2. The van der Waals surface area contributed by atoms with Crippen LogP contribution in [0.4, 0.5) is 4.79 Å². The molecule has 0 spiro atoms. The van der Waals surface area contributed by atoms with Crippen molar-refractivity contribution >= 4 is 29.4 Å². The van der Waals surface area contributed by atoms with Gasteiger partial charge >= 0.3 is 6.03 Å². The fourth-order valence-electron chi connectivity index (χ4n) is 2.34. The molecule has 1 aliphatic heterocycles. The number of hydrogen-bond acceptors (Lipinski definition) is 4. The summed E-state index contributed by atoms with van der Waals surface area (Å²) >= 11 is 6.06. The first-order valence-electron chi connectivity index (χ1n) is 7.65. The maximum atomic E-state index is 12.4. The SMILES string of the molecule is CN(C)CCNC(=O)CC1NC(=O)N(Cc2ccccc2Cl)C1=O. The summed E-state index contributed by atoms with van der Waals surface area (Å²) in [5.41, 5.74) is 0.679. The highest BCUT2D eigenvalue weighted by molar-refractivity contribution is 6.31. The van der Waals surface area contributed by atoms with Gasteiger partial charge in [-0.3, -0.25) is 14.5 Å². The lowest BCUT2D eigenvalue weighted by atomic mass is 10.1. The van der Waals surface area contributed by atoms with Crippen molar-refractivity contribution in [3.8, 4) is 0 Å². The van der Waals surface area contributed by atoms with Crippen LogP contribution in [0.2, 0.25) is 5.02 Å². The van der Waals surface area contributed by atoms with Gasteiger partial charge in [0.25, 0.3) is 5.91 Å². The molecule has 4 amide bonds. The van der Waals surface area contributed by atoms with Crippen LogP contribution in [0.1, 0.15) is 12.0 Å². The quantitative estimate of drug-likeness (QED) is 0.712. The number of likely N-dealkylation sites (N-methyl/N-ethyl adjacent to an activating group) is 1. The number of urea groups is 1. The number of benzene rings is 1. The minimum Gasteiger partial charge on any atom is -0.355 e. The first-order chi connectivity index (χ1) is 11.4. The van der Waals surface area contributed by atoms with Crippen LogP contribution in [0.5, 0.6) is 0 Å². The van der Waals surface area contributed by atoms with E-state index in [1.807, 2.05) is 19.0 Å². The van der Waals surface area contributed by atoms with E-state index >= 15 is 0 Å². The van der Waals surface area contributed by atoms with Gasteiger partial charge in [-0.15, -0.1) is 0 Å². The van der Waals surface area contributed by atoms with Crippen molar-refractivity contribution in [3.63, 3.8) is 0 Å². The van der Waals surface area contributed by atoms with Gasteiger partial charge in [0, 0.05) is 18.1 Å². The van der Waals surface area contributed by atoms with Crippen LogP contribution in [-0.4, -0.2) is 60.9 Å². The molecule has 0 bridgehead atoms. The van der Waals surface area contributed by atoms with Gasteiger partial charge in [-0.2, -0.15) is 0 Å². The summed E-state index contributed by atoms with van der Waals surface area (Å²) in [6, 6.07) is 5.67. The molecule has 0 radical (unpaired) electrons. The predicted octanol–water partition coefficient (Wildman–Crippen LogP) is 0.828. The highest BCUT2D eigenvalue weighted by Gasteiger charge is 2.39. The summed E-state index contributed by atoms with van der Waals surface area (Å²) in [6.07, 6.45) is -0.0724. The van der Waals surface area contributed by atoms with Crippen molar-refractivity contribution in [3.05, 3.63) is 34.9 Å². The zero-order valence-corrected chi connectivity index (χ0v) is 14.5. The van der Waals surface area contributed by atoms with E-state index in [2.05, 4.69) is 10.6 Å². The van der Waals surface area contributed by atoms with Crippen molar-refractivity contribution in [2.24, 2.45) is 0 Å². The number of imide groups is 1. The van der Waals surface area contributed by atoms with E-state index in [4.69, 9.17) is 11.6 Å². The van der Waals surface area contributed by atoms with Crippen molar-refractivity contribution in [2.75, 3.05) is 27.2 Å². The van der Waals surface area contributed by atoms with Crippen LogP contribution in [0.15, 0.2) is 24.3 Å². The minimum absolute atomic E-state index is 0.0724. The van der Waals surface area contributed by atoms with Crippen LogP contribution < -0.4 is 10.6 Å². The molecule has 1 saturated heterocycles. The Kier molecular flexibility index (Phi) is 6.16. The van der Waals surface area contributed by atoms with Crippen molar-refractivity contribution in [1.29, 1.82) is 0 Å². The third kappa shape index (κ3) is 4.69. The van der Waals surface area contributed by atoms with Crippen LogP contribution in [-0.2, 0) is 16.1 Å². The molecule has 8 heteroatoms. The van der Waals surface area contributed by atoms with E-state index in [0.29, 0.717) is 23.7 Å². The molecule has 1 aromatic carbocycles. The molecular formula is C16H21ClN4O3. The van der Waals surface area contributed by atoms with Crippen LogP contribution >= 0.6 is 11.6 Å². The molecule has 1 atom stereocenters. The van der Waals surface area contributed by atoms with Gasteiger partial charge in [0.05, 0.1) is 13.0 Å². The molecule has 1 unspecified atom stereocenters. The summed E-state index contributed by atoms with van der Waals surface area (Å²) in [5.74, 6) is -0.683. The summed E-state index contributed by atoms with van der Waals surface area (Å²) in [4.78, 5) is 39.3. The van der Waals surface area contributed by atoms with Gasteiger partial charge in [-0.25, -0.2) is 4.79 Å². The van der Waals surface area contributed by atoms with Gasteiger partial charge < -0.3 is 15.5 Å². The predicted molar refractivity (Wildman–Crippen MR) is 90.5 cm³/mol. The maximum absolute atomic E-state index is 12.4. The Morgan fingerprint density at radius 2 is 2.04 bits per heavy atom. The van der Waals surface area contributed by atoms with E-state index in [-0.39, 0.29) is 18.9 Å². The van der Waals surface area contributed by atoms with Gasteiger partial charge in [0.1, 0.15) is 6.04 Å². The van der Waals surface area contributed by atoms with Gasteiger partial charge in [-0.05, 0) is 25.7 Å². The van der Waals surface area contributed by atoms with E-state index in [9.17, 15) is 14.4 Å². The minimum atomic E-state index is -0.834. The second-order valence-corrected chi connectivity index (χ2v) is 6.28. The first-order valence-corrected chi connectivity index (χ1v) is 8.03. The molecule has 2 rings (SSSR count). The summed E-state index contributed by atoms with van der Waals surface area (Å²) in [5, 5.41) is 5.76. The van der Waals surface area contributed by atoms with E-state index in [0.717, 1.165) is 4.90 Å². The third-order valence-corrected chi connectivity index (χ3v) is 4.03. The van der Waals surface area contributed by atoms with Gasteiger partial charge in [0.15, 0.2) is 0 Å². The van der Waals surface area contributed by atoms with Crippen molar-refractivity contribution in [2.45, 2.75) is 19.0 Å². The molecule has 2 N–H and O–H groups in total. The molecule has 1 heterocycles. The fourth-order valence-corrected chi connectivity index (χ4v) is 2.53. The molecule has 130 valence electrons. The largest absolute Gasteiger partial charge is 0.355 e. The molecule has 0 saturated carbocycles. The molecule has 0 aromatic heterocycles. The second-order valence-electron chi connectivity index (χ2n) is 5.88. The van der Waals surface area contributed by atoms with Crippen molar-refractivity contribution < 1.29 is 14.4 Å². The molecule has 0 aliphatic carbocycles. The monoisotopic (exact) mass is 352 g/mol. The van der Waals surface area contributed by atoms with Gasteiger partial charge in [-0.1, -0.05) is 29.8 Å². The number of nitrogens with zero attached hydrogens (tertiary/aromatic N) is 2. The Hall–Kier alpha value is -2.12. The summed E-state index contributed by atoms with van der Waals surface area (Å²) < 4.78 is 0. The Morgan fingerprint density at radius 3 is 2.71 bits per heavy atom. The maximum Gasteiger partial charge on any atom is 0.325 e. The Balaban J connectivity index is 1.91. The summed E-state index contributed by atoms with van der Waals surface area (Å²) in [7, 11) is 3.80. The number of rotatable bonds is 7. The molecule has 1 aromatic rings. The second kappa shape index (κ2) is 8.12. The highest BCUT2D eigenvalue weighted by Crippen LogP contribution is 2.20. The lowest BCUT2D eigenvalue weighted by molar-refractivity contribution is -0.131. The lowest BCUT2D eigenvalue weighted by Crippen LogP contribution is -2.38. The Morgan fingerprint density at radius 1 is 1.33 bits per heavy atom. The molecular weight excluding hydrogens is 332 g/mol. The van der Waals surface area contributed by atoms with Crippen LogP contribution in [0, 0.1) is 0 Å². The van der Waals surface area contributed by atoms with E-state index in [1.54, 1.807) is 24.3 Å². The summed E-state index contributed by atoms with van der Waals surface area (Å²) in [6.45, 7) is 1.28. The van der Waals surface area contributed by atoms with Crippen molar-refractivity contribution in [1.82, 2.24) is 20.4 Å². The fraction of sp³-hybridized carbons (Fsp3) is 0.438. The number of hydrogen-bond donors (Lipinski definition) is 2. The molecule has 1 fully saturated rings. The smallest absolute Gasteiger partial charge is 0.325 e. The number of carbonyl (C=O) groups excluding carboxylic acids is 3. The molecule has 1 aliphatic rings. The Labute approximate surface area is 145 Å². The van der Waals surface area contributed by atoms with E-state index in [1.165, 1.54) is 0 Å².